The zero-order chi connectivity index (χ0) is 16.9. The average Bonchev–Trinajstić information content (AvgIpc) is 2.42. The zero-order valence-electron chi connectivity index (χ0n) is 11.2. The summed E-state index contributed by atoms with van der Waals surface area (Å²) in [5.41, 5.74) is 1.22. The molecule has 1 aromatic rings. The van der Waals surface area contributed by atoms with Gasteiger partial charge in [-0.1, -0.05) is 7.43 Å². The molecule has 0 aromatic heterocycles. The zero-order valence-corrected chi connectivity index (χ0v) is 11.2. The number of hydrogen-bond donors (Lipinski definition) is 4. The minimum Gasteiger partial charge on any atom is -0.406 e. The number of amides is 2. The summed E-state index contributed by atoms with van der Waals surface area (Å²) in [6.07, 6.45) is -6.15. The number of nitrogens with one attached hydrogen (secondary N) is 2. The van der Waals surface area contributed by atoms with Crippen LogP contribution < -0.4 is 15.5 Å². The molecule has 1 aromatic carbocycles. The van der Waals surface area contributed by atoms with Crippen LogP contribution in [0, 0.1) is 0 Å². The molecule has 0 saturated heterocycles. The van der Waals surface area contributed by atoms with Gasteiger partial charge in [-0.2, -0.15) is 0 Å². The summed E-state index contributed by atoms with van der Waals surface area (Å²) in [6.45, 7) is 1.21. The second-order valence-corrected chi connectivity index (χ2v) is 4.24. The molecular formula is C13H17F3N2O5. The third kappa shape index (κ3) is 6.53. The maximum Gasteiger partial charge on any atom is 0.573 e. The molecule has 0 unspecified atom stereocenters. The summed E-state index contributed by atoms with van der Waals surface area (Å²) in [7, 11) is 0. The molecule has 2 amide bonds. The van der Waals surface area contributed by atoms with Crippen molar-refractivity contribution in [3.8, 4) is 5.75 Å². The van der Waals surface area contributed by atoms with Gasteiger partial charge in [0, 0.05) is 5.56 Å². The van der Waals surface area contributed by atoms with Crippen LogP contribution in [0.15, 0.2) is 24.3 Å². The first-order valence-corrected chi connectivity index (χ1v) is 5.92. The van der Waals surface area contributed by atoms with Gasteiger partial charge in [-0.15, -0.1) is 13.2 Å². The summed E-state index contributed by atoms with van der Waals surface area (Å²) in [5.74, 6) is -2.38. The molecule has 0 heterocycles. The highest BCUT2D eigenvalue weighted by Gasteiger charge is 2.31. The smallest absolute Gasteiger partial charge is 0.406 e. The number of benzene rings is 1. The van der Waals surface area contributed by atoms with Gasteiger partial charge in [0.05, 0.1) is 6.10 Å². The molecule has 0 radical (unpaired) electrons. The van der Waals surface area contributed by atoms with Crippen molar-refractivity contribution in [3.63, 3.8) is 0 Å². The second kappa shape index (κ2) is 8.34. The second-order valence-electron chi connectivity index (χ2n) is 4.24. The van der Waals surface area contributed by atoms with Crippen molar-refractivity contribution in [1.82, 2.24) is 10.8 Å². The largest absolute Gasteiger partial charge is 0.573 e. The number of alkyl halides is 3. The molecule has 130 valence electrons. The maximum atomic E-state index is 12.0. The van der Waals surface area contributed by atoms with E-state index in [1.807, 2.05) is 0 Å². The number of hydroxylamine groups is 1. The predicted octanol–water partition coefficient (Wildman–Crippen LogP) is 1.21. The molecule has 23 heavy (non-hydrogen) atoms. The van der Waals surface area contributed by atoms with E-state index in [2.05, 4.69) is 10.1 Å². The van der Waals surface area contributed by atoms with E-state index >= 15 is 0 Å². The third-order valence-electron chi connectivity index (χ3n) is 2.51. The van der Waals surface area contributed by atoms with Crippen molar-refractivity contribution in [3.05, 3.63) is 29.8 Å². The van der Waals surface area contributed by atoms with E-state index in [0.717, 1.165) is 24.3 Å². The Morgan fingerprint density at radius 2 is 1.74 bits per heavy atom. The van der Waals surface area contributed by atoms with Crippen LogP contribution in [0.5, 0.6) is 5.75 Å². The number of carbonyl (C=O) groups excluding carboxylic acids is 2. The van der Waals surface area contributed by atoms with Crippen molar-refractivity contribution in [2.24, 2.45) is 0 Å². The standard InChI is InChI=1S/C12H13F3N2O5.CH4/c1-6(18)9(11(20)17-21)16-10(19)7-2-4-8(5-3-7)22-12(13,14)15;/h2-6,9,18,21H,1H3,(H,16,19)(H,17,20);1H4/t6-,9-;/m0./s1. The summed E-state index contributed by atoms with van der Waals surface area (Å²) in [4.78, 5) is 23.1. The normalized spacial score (nSPS) is 13.3. The molecule has 0 aliphatic rings. The summed E-state index contributed by atoms with van der Waals surface area (Å²) >= 11 is 0. The van der Waals surface area contributed by atoms with Gasteiger partial charge in [-0.05, 0) is 31.2 Å². The molecule has 0 spiro atoms. The number of carbonyl (C=O) groups is 2. The molecular weight excluding hydrogens is 321 g/mol. The molecule has 0 aliphatic heterocycles. The molecule has 1 rings (SSSR count). The molecule has 4 N–H and O–H groups in total. The summed E-state index contributed by atoms with van der Waals surface area (Å²) in [5, 5.41) is 20.0. The number of aliphatic hydroxyl groups is 1. The third-order valence-corrected chi connectivity index (χ3v) is 2.51. The fourth-order valence-electron chi connectivity index (χ4n) is 1.51. The monoisotopic (exact) mass is 338 g/mol. The molecule has 10 heteroatoms. The van der Waals surface area contributed by atoms with Gasteiger partial charge >= 0.3 is 6.36 Å². The minimum absolute atomic E-state index is 0. The van der Waals surface area contributed by atoms with Crippen LogP contribution in [0.3, 0.4) is 0 Å². The van der Waals surface area contributed by atoms with E-state index in [0.29, 0.717) is 0 Å². The van der Waals surface area contributed by atoms with Gasteiger partial charge in [-0.25, -0.2) is 5.48 Å². The highest BCUT2D eigenvalue weighted by Crippen LogP contribution is 2.22. The Labute approximate surface area is 130 Å². The van der Waals surface area contributed by atoms with Crippen LogP contribution >= 0.6 is 0 Å². The molecule has 2 atom stereocenters. The minimum atomic E-state index is -4.85. The number of halogens is 3. The van der Waals surface area contributed by atoms with Crippen LogP contribution in [0.25, 0.3) is 0 Å². The highest BCUT2D eigenvalue weighted by molar-refractivity contribution is 5.97. The van der Waals surface area contributed by atoms with Crippen LogP contribution in [0.2, 0.25) is 0 Å². The SMILES string of the molecule is C.C[C@H](O)[C@H](NC(=O)c1ccc(OC(F)(F)F)cc1)C(=O)NO. The van der Waals surface area contributed by atoms with Gasteiger partial charge in [0.25, 0.3) is 11.8 Å². The molecule has 7 nitrogen and oxygen atoms in total. The Balaban J connectivity index is 0.00000484. The van der Waals surface area contributed by atoms with E-state index in [-0.39, 0.29) is 13.0 Å². The Kier molecular flexibility index (Phi) is 7.50. The Hall–Kier alpha value is -2.33. The van der Waals surface area contributed by atoms with E-state index in [9.17, 15) is 27.9 Å². The molecule has 0 bridgehead atoms. The summed E-state index contributed by atoms with van der Waals surface area (Å²) < 4.78 is 39.6. The number of aliphatic hydroxyl groups excluding tert-OH is 1. The van der Waals surface area contributed by atoms with Gasteiger partial charge in [-0.3, -0.25) is 14.8 Å². The highest BCUT2D eigenvalue weighted by atomic mass is 19.4. The van der Waals surface area contributed by atoms with E-state index in [1.165, 1.54) is 12.4 Å². The first-order valence-electron chi connectivity index (χ1n) is 5.92. The topological polar surface area (TPSA) is 108 Å². The van der Waals surface area contributed by atoms with E-state index < -0.39 is 36.1 Å². The van der Waals surface area contributed by atoms with Gasteiger partial charge in [0.2, 0.25) is 0 Å². The fourth-order valence-corrected chi connectivity index (χ4v) is 1.51. The van der Waals surface area contributed by atoms with Crippen LogP contribution in [0.4, 0.5) is 13.2 Å². The molecule has 0 aliphatic carbocycles. The predicted molar refractivity (Wildman–Crippen MR) is 72.7 cm³/mol. The number of ether oxygens (including phenoxy) is 1. The molecule has 0 saturated carbocycles. The number of hydrogen-bond acceptors (Lipinski definition) is 5. The summed E-state index contributed by atoms with van der Waals surface area (Å²) in [6, 6.07) is 2.51. The van der Waals surface area contributed by atoms with Gasteiger partial charge in [0.15, 0.2) is 0 Å². The fraction of sp³-hybridized carbons (Fsp3) is 0.385. The Morgan fingerprint density at radius 1 is 1.22 bits per heavy atom. The lowest BCUT2D eigenvalue weighted by molar-refractivity contribution is -0.274. The lowest BCUT2D eigenvalue weighted by atomic mass is 10.1. The van der Waals surface area contributed by atoms with Gasteiger partial charge < -0.3 is 15.2 Å². The lowest BCUT2D eigenvalue weighted by Gasteiger charge is -2.19. The van der Waals surface area contributed by atoms with E-state index in [1.54, 1.807) is 0 Å². The van der Waals surface area contributed by atoms with Gasteiger partial charge in [0.1, 0.15) is 11.8 Å². The average molecular weight is 338 g/mol. The Morgan fingerprint density at radius 3 is 2.13 bits per heavy atom. The van der Waals surface area contributed by atoms with Crippen LogP contribution in [0.1, 0.15) is 24.7 Å². The number of rotatable bonds is 5. The lowest BCUT2D eigenvalue weighted by Crippen LogP contribution is -2.51. The Bertz CT molecular complexity index is 531. The van der Waals surface area contributed by atoms with Crippen molar-refractivity contribution < 1.29 is 37.8 Å². The van der Waals surface area contributed by atoms with Crippen molar-refractivity contribution in [1.29, 1.82) is 0 Å². The van der Waals surface area contributed by atoms with Crippen LogP contribution in [-0.2, 0) is 4.79 Å². The quantitative estimate of drug-likeness (QED) is 0.477. The van der Waals surface area contributed by atoms with Crippen molar-refractivity contribution in [2.45, 2.75) is 32.9 Å². The first kappa shape index (κ1) is 20.7. The van der Waals surface area contributed by atoms with Crippen molar-refractivity contribution >= 4 is 11.8 Å². The van der Waals surface area contributed by atoms with Crippen LogP contribution in [-0.4, -0.2) is 40.6 Å². The molecule has 0 fully saturated rings. The van der Waals surface area contributed by atoms with Crippen molar-refractivity contribution in [2.75, 3.05) is 0 Å². The maximum absolute atomic E-state index is 12.0. The van der Waals surface area contributed by atoms with E-state index in [4.69, 9.17) is 5.21 Å². The first-order chi connectivity index (χ1) is 10.1.